The molecule has 0 aliphatic rings. The predicted molar refractivity (Wildman–Crippen MR) is 70.6 cm³/mol. The van der Waals surface area contributed by atoms with Crippen molar-refractivity contribution < 1.29 is 0 Å². The van der Waals surface area contributed by atoms with E-state index in [1.54, 1.807) is 0 Å². The molecule has 0 aliphatic carbocycles. The second-order valence-corrected chi connectivity index (χ2v) is 4.92. The Kier molecular flexibility index (Phi) is 5.81. The third kappa shape index (κ3) is 4.72. The van der Waals surface area contributed by atoms with Gasteiger partial charge >= 0.3 is 0 Å². The van der Waals surface area contributed by atoms with Crippen molar-refractivity contribution in [3.8, 4) is 0 Å². The molecule has 84 valence electrons. The topological polar surface area (TPSA) is 12.0 Å². The summed E-state index contributed by atoms with van der Waals surface area (Å²) in [5.41, 5.74) is 2.71. The Hall–Kier alpha value is -0.470. The molecular formula is C13H21NS. The summed E-state index contributed by atoms with van der Waals surface area (Å²) >= 11 is 1.91. The van der Waals surface area contributed by atoms with Gasteiger partial charge in [-0.25, -0.2) is 0 Å². The zero-order valence-electron chi connectivity index (χ0n) is 9.92. The smallest absolute Gasteiger partial charge is 0.0291 e. The highest BCUT2D eigenvalue weighted by Gasteiger charge is 2.02. The molecule has 15 heavy (non-hydrogen) atoms. The fourth-order valence-electron chi connectivity index (χ4n) is 1.51. The van der Waals surface area contributed by atoms with Gasteiger partial charge in [0.25, 0.3) is 0 Å². The van der Waals surface area contributed by atoms with E-state index in [0.29, 0.717) is 6.04 Å². The zero-order chi connectivity index (χ0) is 11.1. The second kappa shape index (κ2) is 6.91. The lowest BCUT2D eigenvalue weighted by molar-refractivity contribution is 0.572. The minimum Gasteiger partial charge on any atom is -0.310 e. The number of thioether (sulfide) groups is 1. The summed E-state index contributed by atoms with van der Waals surface area (Å²) in [5.74, 6) is 1.24. The first-order chi connectivity index (χ1) is 7.24. The van der Waals surface area contributed by atoms with Gasteiger partial charge in [0.15, 0.2) is 0 Å². The fraction of sp³-hybridized carbons (Fsp3) is 0.538. The maximum absolute atomic E-state index is 3.54. The lowest BCUT2D eigenvalue weighted by Gasteiger charge is -2.14. The molecule has 0 amide bonds. The van der Waals surface area contributed by atoms with E-state index in [4.69, 9.17) is 0 Å². The van der Waals surface area contributed by atoms with Crippen molar-refractivity contribution in [1.29, 1.82) is 0 Å². The highest BCUT2D eigenvalue weighted by atomic mass is 32.2. The van der Waals surface area contributed by atoms with Gasteiger partial charge in [-0.2, -0.15) is 11.8 Å². The molecule has 0 aliphatic heterocycles. The fourth-order valence-corrected chi connectivity index (χ4v) is 1.94. The van der Waals surface area contributed by atoms with Gasteiger partial charge < -0.3 is 5.32 Å². The van der Waals surface area contributed by atoms with Gasteiger partial charge in [-0.05, 0) is 44.4 Å². The number of nitrogens with one attached hydrogen (secondary N) is 1. The third-order valence-corrected chi connectivity index (χ3v) is 3.25. The van der Waals surface area contributed by atoms with Crippen molar-refractivity contribution in [2.24, 2.45) is 0 Å². The van der Waals surface area contributed by atoms with Crippen LogP contribution in [0.15, 0.2) is 24.3 Å². The van der Waals surface area contributed by atoms with E-state index in [9.17, 15) is 0 Å². The van der Waals surface area contributed by atoms with Gasteiger partial charge in [0, 0.05) is 6.04 Å². The van der Waals surface area contributed by atoms with Crippen LogP contribution < -0.4 is 5.32 Å². The van der Waals surface area contributed by atoms with Gasteiger partial charge in [-0.1, -0.05) is 29.8 Å². The summed E-state index contributed by atoms with van der Waals surface area (Å²) < 4.78 is 0. The van der Waals surface area contributed by atoms with E-state index in [0.717, 1.165) is 6.54 Å². The average molecular weight is 223 g/mol. The molecule has 0 saturated carbocycles. The highest BCUT2D eigenvalue weighted by molar-refractivity contribution is 7.98. The molecule has 1 aromatic rings. The number of hydrogen-bond donors (Lipinski definition) is 1. The lowest BCUT2D eigenvalue weighted by atomic mass is 10.1. The Balaban J connectivity index is 2.33. The molecule has 0 fully saturated rings. The van der Waals surface area contributed by atoms with Crippen LogP contribution in [0.5, 0.6) is 0 Å². The Bertz CT molecular complexity index is 268. The molecule has 0 bridgehead atoms. The summed E-state index contributed by atoms with van der Waals surface area (Å²) in [6.45, 7) is 5.46. The summed E-state index contributed by atoms with van der Waals surface area (Å²) in [7, 11) is 0. The molecule has 0 aromatic heterocycles. The first kappa shape index (κ1) is 12.6. The molecule has 0 saturated heterocycles. The number of aryl methyl sites for hydroxylation is 1. The standard InChI is InChI=1S/C13H21NS/c1-11-5-7-13(8-6-11)12(2)14-9-4-10-15-3/h5-8,12,14H,4,9-10H2,1-3H3. The van der Waals surface area contributed by atoms with Gasteiger partial charge in [0.2, 0.25) is 0 Å². The first-order valence-electron chi connectivity index (χ1n) is 5.53. The van der Waals surface area contributed by atoms with Crippen molar-refractivity contribution in [2.45, 2.75) is 26.3 Å². The van der Waals surface area contributed by atoms with E-state index in [1.165, 1.54) is 23.3 Å². The van der Waals surface area contributed by atoms with Gasteiger partial charge in [0.05, 0.1) is 0 Å². The van der Waals surface area contributed by atoms with Gasteiger partial charge in [-0.15, -0.1) is 0 Å². The van der Waals surface area contributed by atoms with Crippen LogP contribution in [0.1, 0.15) is 30.5 Å². The van der Waals surface area contributed by atoms with Crippen molar-refractivity contribution in [3.63, 3.8) is 0 Å². The van der Waals surface area contributed by atoms with E-state index in [1.807, 2.05) is 11.8 Å². The van der Waals surface area contributed by atoms with Crippen LogP contribution in [0.4, 0.5) is 0 Å². The number of rotatable bonds is 6. The van der Waals surface area contributed by atoms with Crippen LogP contribution >= 0.6 is 11.8 Å². The van der Waals surface area contributed by atoms with Crippen molar-refractivity contribution in [2.75, 3.05) is 18.6 Å². The molecule has 1 rings (SSSR count). The van der Waals surface area contributed by atoms with Crippen LogP contribution in [-0.4, -0.2) is 18.6 Å². The minimum atomic E-state index is 0.465. The number of hydrogen-bond acceptors (Lipinski definition) is 2. The molecule has 1 unspecified atom stereocenters. The lowest BCUT2D eigenvalue weighted by Crippen LogP contribution is -2.20. The summed E-state index contributed by atoms with van der Waals surface area (Å²) in [6, 6.07) is 9.24. The first-order valence-corrected chi connectivity index (χ1v) is 6.92. The van der Waals surface area contributed by atoms with Crippen LogP contribution in [-0.2, 0) is 0 Å². The van der Waals surface area contributed by atoms with Crippen LogP contribution in [0.2, 0.25) is 0 Å². The van der Waals surface area contributed by atoms with Crippen LogP contribution in [0, 0.1) is 6.92 Å². The number of benzene rings is 1. The molecule has 0 radical (unpaired) electrons. The zero-order valence-corrected chi connectivity index (χ0v) is 10.7. The van der Waals surface area contributed by atoms with Crippen LogP contribution in [0.25, 0.3) is 0 Å². The Morgan fingerprint density at radius 2 is 1.93 bits per heavy atom. The summed E-state index contributed by atoms with van der Waals surface area (Å²) in [5, 5.41) is 3.54. The van der Waals surface area contributed by atoms with E-state index >= 15 is 0 Å². The minimum absolute atomic E-state index is 0.465. The third-order valence-electron chi connectivity index (χ3n) is 2.55. The monoisotopic (exact) mass is 223 g/mol. The molecule has 0 spiro atoms. The molecule has 1 atom stereocenters. The molecule has 2 heteroatoms. The van der Waals surface area contributed by atoms with Gasteiger partial charge in [-0.3, -0.25) is 0 Å². The normalized spacial score (nSPS) is 12.7. The van der Waals surface area contributed by atoms with E-state index in [2.05, 4.69) is 49.7 Å². The Morgan fingerprint density at radius 3 is 2.53 bits per heavy atom. The average Bonchev–Trinajstić information content (AvgIpc) is 2.25. The summed E-state index contributed by atoms with van der Waals surface area (Å²) in [6.07, 6.45) is 3.40. The van der Waals surface area contributed by atoms with Crippen LogP contribution in [0.3, 0.4) is 0 Å². The molecule has 1 aromatic carbocycles. The van der Waals surface area contributed by atoms with E-state index < -0.39 is 0 Å². The summed E-state index contributed by atoms with van der Waals surface area (Å²) in [4.78, 5) is 0. The Labute approximate surface area is 97.7 Å². The quantitative estimate of drug-likeness (QED) is 0.742. The van der Waals surface area contributed by atoms with Crippen molar-refractivity contribution >= 4 is 11.8 Å². The largest absolute Gasteiger partial charge is 0.310 e. The molecule has 1 N–H and O–H groups in total. The van der Waals surface area contributed by atoms with Crippen molar-refractivity contribution in [1.82, 2.24) is 5.32 Å². The predicted octanol–water partition coefficient (Wildman–Crippen LogP) is 3.40. The van der Waals surface area contributed by atoms with E-state index in [-0.39, 0.29) is 0 Å². The Morgan fingerprint density at radius 1 is 1.27 bits per heavy atom. The second-order valence-electron chi connectivity index (χ2n) is 3.93. The molecule has 1 nitrogen and oxygen atoms in total. The highest BCUT2D eigenvalue weighted by Crippen LogP contribution is 2.12. The SMILES string of the molecule is CSCCCNC(C)c1ccc(C)cc1. The molecular weight excluding hydrogens is 202 g/mol. The van der Waals surface area contributed by atoms with Crippen molar-refractivity contribution in [3.05, 3.63) is 35.4 Å². The maximum atomic E-state index is 3.54. The van der Waals surface area contributed by atoms with Gasteiger partial charge in [0.1, 0.15) is 0 Å². The maximum Gasteiger partial charge on any atom is 0.0291 e. The molecule has 0 heterocycles.